The van der Waals surface area contributed by atoms with Gasteiger partial charge in [-0.3, -0.25) is 19.3 Å². The molecule has 0 unspecified atom stereocenters. The van der Waals surface area contributed by atoms with E-state index in [1.807, 2.05) is 0 Å². The maximum Gasteiger partial charge on any atom is 0.326 e. The fraction of sp³-hybridized carbons (Fsp3) is 0.214. The molecule has 1 aromatic rings. The van der Waals surface area contributed by atoms with Crippen molar-refractivity contribution in [2.45, 2.75) is 6.92 Å². The number of rotatable bonds is 4. The number of esters is 1. The van der Waals surface area contributed by atoms with Crippen molar-refractivity contribution in [2.24, 2.45) is 0 Å². The summed E-state index contributed by atoms with van der Waals surface area (Å²) >= 11 is 12.3. The molecule has 0 atom stereocenters. The quantitative estimate of drug-likeness (QED) is 0.641. The lowest BCUT2D eigenvalue weighted by Gasteiger charge is -2.10. The second-order valence-electron chi connectivity index (χ2n) is 4.41. The average molecular weight is 376 g/mol. The third-order valence-electron chi connectivity index (χ3n) is 2.80. The van der Waals surface area contributed by atoms with Gasteiger partial charge in [-0.25, -0.2) is 0 Å². The molecule has 1 aromatic carbocycles. The van der Waals surface area contributed by atoms with Crippen LogP contribution in [0.4, 0.5) is 4.79 Å². The predicted molar refractivity (Wildman–Crippen MR) is 87.4 cm³/mol. The highest BCUT2D eigenvalue weighted by atomic mass is 35.5. The van der Waals surface area contributed by atoms with Gasteiger partial charge in [0, 0.05) is 0 Å². The Bertz CT molecular complexity index is 696. The van der Waals surface area contributed by atoms with Crippen molar-refractivity contribution in [3.8, 4) is 5.75 Å². The van der Waals surface area contributed by atoms with Gasteiger partial charge in [0.25, 0.3) is 11.1 Å². The zero-order valence-corrected chi connectivity index (χ0v) is 14.2. The maximum absolute atomic E-state index is 12.2. The Kier molecular flexibility index (Phi) is 5.56. The molecule has 1 saturated heterocycles. The van der Waals surface area contributed by atoms with Gasteiger partial charge < -0.3 is 9.84 Å². The van der Waals surface area contributed by atoms with E-state index in [9.17, 15) is 19.5 Å². The lowest BCUT2D eigenvalue weighted by molar-refractivity contribution is -0.145. The molecule has 2 amide bonds. The molecule has 0 saturated carbocycles. The Hall–Kier alpha value is -1.70. The van der Waals surface area contributed by atoms with Gasteiger partial charge in [-0.05, 0) is 42.5 Å². The van der Waals surface area contributed by atoms with Crippen molar-refractivity contribution in [3.05, 3.63) is 32.6 Å². The highest BCUT2D eigenvalue weighted by molar-refractivity contribution is 8.18. The lowest BCUT2D eigenvalue weighted by atomic mass is 10.2. The standard InChI is InChI=1S/C14H11Cl2NO5S/c1-2-22-11(18)6-17-13(20)10(23-14(17)21)5-7-3-8(15)12(19)9(16)4-7/h3-5,19H,2,6H2,1H3. The van der Waals surface area contributed by atoms with Crippen LogP contribution in [0.25, 0.3) is 6.08 Å². The van der Waals surface area contributed by atoms with E-state index in [0.717, 1.165) is 4.90 Å². The number of phenolic OH excluding ortho intramolecular Hbond substituents is 1. The number of amides is 2. The van der Waals surface area contributed by atoms with Gasteiger partial charge in [-0.2, -0.15) is 0 Å². The number of aromatic hydroxyl groups is 1. The highest BCUT2D eigenvalue weighted by Crippen LogP contribution is 2.36. The molecule has 0 spiro atoms. The van der Waals surface area contributed by atoms with Crippen LogP contribution in [0, 0.1) is 0 Å². The summed E-state index contributed by atoms with van der Waals surface area (Å²) in [5, 5.41) is 8.99. The number of imide groups is 1. The van der Waals surface area contributed by atoms with Crippen LogP contribution in [-0.4, -0.2) is 40.3 Å². The summed E-state index contributed by atoms with van der Waals surface area (Å²) in [7, 11) is 0. The second-order valence-corrected chi connectivity index (χ2v) is 6.21. The van der Waals surface area contributed by atoms with E-state index in [4.69, 9.17) is 27.9 Å². The number of phenols is 1. The molecule has 23 heavy (non-hydrogen) atoms. The van der Waals surface area contributed by atoms with Gasteiger partial charge in [0.1, 0.15) is 6.54 Å². The molecule has 9 heteroatoms. The first-order valence-corrected chi connectivity index (χ1v) is 7.99. The number of ether oxygens (including phenoxy) is 1. The minimum Gasteiger partial charge on any atom is -0.505 e. The first-order valence-electron chi connectivity index (χ1n) is 6.42. The zero-order valence-electron chi connectivity index (χ0n) is 11.8. The molecule has 0 radical (unpaired) electrons. The average Bonchev–Trinajstić information content (AvgIpc) is 2.72. The van der Waals surface area contributed by atoms with E-state index in [-0.39, 0.29) is 27.3 Å². The Morgan fingerprint density at radius 2 is 1.96 bits per heavy atom. The van der Waals surface area contributed by atoms with Crippen LogP contribution >= 0.6 is 35.0 Å². The molecule has 1 aliphatic rings. The topological polar surface area (TPSA) is 83.9 Å². The fourth-order valence-electron chi connectivity index (χ4n) is 1.79. The Balaban J connectivity index is 2.23. The van der Waals surface area contributed by atoms with Crippen LogP contribution in [0.15, 0.2) is 17.0 Å². The van der Waals surface area contributed by atoms with Gasteiger partial charge >= 0.3 is 5.97 Å². The van der Waals surface area contributed by atoms with Crippen molar-refractivity contribution < 1.29 is 24.2 Å². The SMILES string of the molecule is CCOC(=O)CN1C(=O)SC(=Cc2cc(Cl)c(O)c(Cl)c2)C1=O. The Morgan fingerprint density at radius 3 is 2.52 bits per heavy atom. The Morgan fingerprint density at radius 1 is 1.35 bits per heavy atom. The largest absolute Gasteiger partial charge is 0.505 e. The van der Waals surface area contributed by atoms with Crippen molar-refractivity contribution in [3.63, 3.8) is 0 Å². The maximum atomic E-state index is 12.2. The number of hydrogen-bond acceptors (Lipinski definition) is 6. The molecule has 1 N–H and O–H groups in total. The minimum absolute atomic E-state index is 0.0227. The molecular formula is C14H11Cl2NO5S. The number of nitrogens with zero attached hydrogens (tertiary/aromatic N) is 1. The van der Waals surface area contributed by atoms with Gasteiger partial charge in [-0.15, -0.1) is 0 Å². The van der Waals surface area contributed by atoms with Crippen molar-refractivity contribution in [1.82, 2.24) is 4.90 Å². The third kappa shape index (κ3) is 3.99. The van der Waals surface area contributed by atoms with E-state index in [1.54, 1.807) is 6.92 Å². The fourth-order valence-corrected chi connectivity index (χ4v) is 3.13. The lowest BCUT2D eigenvalue weighted by Crippen LogP contribution is -2.34. The van der Waals surface area contributed by atoms with Crippen LogP contribution in [0.5, 0.6) is 5.75 Å². The first-order chi connectivity index (χ1) is 10.8. The van der Waals surface area contributed by atoms with Crippen LogP contribution < -0.4 is 0 Å². The van der Waals surface area contributed by atoms with E-state index < -0.39 is 23.7 Å². The summed E-state index contributed by atoms with van der Waals surface area (Å²) in [6, 6.07) is 2.81. The number of carbonyl (C=O) groups is 3. The number of halogens is 2. The van der Waals surface area contributed by atoms with E-state index >= 15 is 0 Å². The van der Waals surface area contributed by atoms with Crippen molar-refractivity contribution in [1.29, 1.82) is 0 Å². The van der Waals surface area contributed by atoms with Gasteiger partial charge in [-0.1, -0.05) is 23.2 Å². The van der Waals surface area contributed by atoms with Crippen LogP contribution in [0.1, 0.15) is 12.5 Å². The van der Waals surface area contributed by atoms with Crippen LogP contribution in [0.2, 0.25) is 10.0 Å². The molecule has 1 fully saturated rings. The summed E-state index contributed by atoms with van der Waals surface area (Å²) in [5.41, 5.74) is 0.444. The highest BCUT2D eigenvalue weighted by Gasteiger charge is 2.36. The normalized spacial score (nSPS) is 16.3. The van der Waals surface area contributed by atoms with E-state index in [0.29, 0.717) is 17.3 Å². The molecule has 1 aliphatic heterocycles. The Labute approximate surface area is 146 Å². The molecule has 6 nitrogen and oxygen atoms in total. The summed E-state index contributed by atoms with van der Waals surface area (Å²) in [5.74, 6) is -1.53. The predicted octanol–water partition coefficient (Wildman–Crippen LogP) is 3.30. The first kappa shape index (κ1) is 17.7. The number of thioether (sulfide) groups is 1. The van der Waals surface area contributed by atoms with Crippen LogP contribution in [0.3, 0.4) is 0 Å². The summed E-state index contributed by atoms with van der Waals surface area (Å²) < 4.78 is 4.72. The smallest absolute Gasteiger partial charge is 0.326 e. The third-order valence-corrected chi connectivity index (χ3v) is 4.29. The monoisotopic (exact) mass is 375 g/mol. The number of benzene rings is 1. The van der Waals surface area contributed by atoms with Crippen LogP contribution in [-0.2, 0) is 14.3 Å². The summed E-state index contributed by atoms with van der Waals surface area (Å²) in [4.78, 5) is 36.4. The van der Waals surface area contributed by atoms with E-state index in [1.165, 1.54) is 18.2 Å². The number of carbonyl (C=O) groups excluding carboxylic acids is 3. The molecule has 0 aliphatic carbocycles. The zero-order chi connectivity index (χ0) is 17.1. The minimum atomic E-state index is -0.660. The molecule has 122 valence electrons. The molecule has 1 heterocycles. The second kappa shape index (κ2) is 7.25. The molecular weight excluding hydrogens is 365 g/mol. The summed E-state index contributed by atoms with van der Waals surface area (Å²) in [6.45, 7) is 1.35. The van der Waals surface area contributed by atoms with Gasteiger partial charge in [0.15, 0.2) is 5.75 Å². The molecule has 0 bridgehead atoms. The molecule has 0 aromatic heterocycles. The van der Waals surface area contributed by atoms with Gasteiger partial charge in [0.05, 0.1) is 21.6 Å². The summed E-state index contributed by atoms with van der Waals surface area (Å²) in [6.07, 6.45) is 1.41. The molecule has 2 rings (SSSR count). The van der Waals surface area contributed by atoms with Crippen molar-refractivity contribution >= 4 is 58.2 Å². The van der Waals surface area contributed by atoms with Crippen molar-refractivity contribution in [2.75, 3.05) is 13.2 Å². The number of hydrogen-bond donors (Lipinski definition) is 1. The van der Waals surface area contributed by atoms with E-state index in [2.05, 4.69) is 0 Å². The van der Waals surface area contributed by atoms with Gasteiger partial charge in [0.2, 0.25) is 0 Å².